The Morgan fingerprint density at radius 1 is 1.43 bits per heavy atom. The van der Waals surface area contributed by atoms with E-state index in [4.69, 9.17) is 11.6 Å². The van der Waals surface area contributed by atoms with Gasteiger partial charge in [-0.25, -0.2) is 0 Å². The van der Waals surface area contributed by atoms with Crippen molar-refractivity contribution in [3.8, 4) is 0 Å². The van der Waals surface area contributed by atoms with Gasteiger partial charge < -0.3 is 5.32 Å². The predicted molar refractivity (Wildman–Crippen MR) is 83.2 cm³/mol. The molecule has 0 amide bonds. The number of alkyl halides is 3. The number of anilines is 1. The van der Waals surface area contributed by atoms with E-state index in [1.54, 1.807) is 0 Å². The van der Waals surface area contributed by atoms with E-state index in [9.17, 15) is 13.2 Å². The molecule has 21 heavy (non-hydrogen) atoms. The maximum atomic E-state index is 12.7. The molecule has 1 aromatic carbocycles. The normalized spacial score (nSPS) is 19.0. The van der Waals surface area contributed by atoms with Crippen LogP contribution in [0.2, 0.25) is 5.02 Å². The summed E-state index contributed by atoms with van der Waals surface area (Å²) in [6.45, 7) is 4.24. The summed E-state index contributed by atoms with van der Waals surface area (Å²) in [6, 6.07) is 3.44. The van der Waals surface area contributed by atoms with Crippen molar-refractivity contribution in [2.24, 2.45) is 10.9 Å². The summed E-state index contributed by atoms with van der Waals surface area (Å²) in [5.41, 5.74) is -0.486. The molecule has 1 N–H and O–H groups in total. The number of thioether (sulfide) groups is 1. The van der Waals surface area contributed by atoms with Gasteiger partial charge in [-0.05, 0) is 30.5 Å². The number of rotatable bonds is 3. The minimum absolute atomic E-state index is 0.210. The summed E-state index contributed by atoms with van der Waals surface area (Å²) in [6.07, 6.45) is -3.42. The fourth-order valence-electron chi connectivity index (χ4n) is 2.06. The van der Waals surface area contributed by atoms with Gasteiger partial charge >= 0.3 is 6.18 Å². The molecule has 0 saturated heterocycles. The van der Waals surface area contributed by atoms with E-state index in [0.29, 0.717) is 11.1 Å². The van der Waals surface area contributed by atoms with Crippen LogP contribution in [0.25, 0.3) is 0 Å². The van der Waals surface area contributed by atoms with Crippen LogP contribution in [0, 0.1) is 5.92 Å². The lowest BCUT2D eigenvalue weighted by atomic mass is 10.1. The molecule has 1 aromatic rings. The summed E-state index contributed by atoms with van der Waals surface area (Å²) in [5.74, 6) is 1.38. The summed E-state index contributed by atoms with van der Waals surface area (Å²) in [5, 5.41) is 3.78. The summed E-state index contributed by atoms with van der Waals surface area (Å²) < 4.78 is 38.1. The van der Waals surface area contributed by atoms with Crippen molar-refractivity contribution in [1.82, 2.24) is 0 Å². The highest BCUT2D eigenvalue weighted by Gasteiger charge is 2.31. The Morgan fingerprint density at radius 2 is 2.14 bits per heavy atom. The monoisotopic (exact) mass is 336 g/mol. The van der Waals surface area contributed by atoms with Crippen LogP contribution in [0.1, 0.15) is 25.8 Å². The number of benzene rings is 1. The smallest absolute Gasteiger partial charge is 0.334 e. The minimum Gasteiger partial charge on any atom is -0.334 e. The molecule has 0 aliphatic carbocycles. The molecule has 2 nitrogen and oxygen atoms in total. The zero-order chi connectivity index (χ0) is 15.6. The Bertz CT molecular complexity index is 544. The van der Waals surface area contributed by atoms with E-state index in [1.807, 2.05) is 0 Å². The molecule has 1 heterocycles. The number of nitrogens with one attached hydrogen (secondary N) is 1. The third-order valence-corrected chi connectivity index (χ3v) is 4.35. The quantitative estimate of drug-likeness (QED) is 0.811. The first-order valence-corrected chi connectivity index (χ1v) is 7.96. The molecular weight excluding hydrogens is 321 g/mol. The first kappa shape index (κ1) is 16.5. The Labute approximate surface area is 131 Å². The third kappa shape index (κ3) is 4.54. The van der Waals surface area contributed by atoms with Gasteiger partial charge in [0.1, 0.15) is 0 Å². The van der Waals surface area contributed by atoms with E-state index >= 15 is 0 Å². The molecule has 0 fully saturated rings. The Kier molecular flexibility index (Phi) is 5.09. The largest absolute Gasteiger partial charge is 0.416 e. The maximum Gasteiger partial charge on any atom is 0.416 e. The topological polar surface area (TPSA) is 24.4 Å². The highest BCUT2D eigenvalue weighted by molar-refractivity contribution is 8.14. The summed E-state index contributed by atoms with van der Waals surface area (Å²) >= 11 is 7.46. The Hall–Kier alpha value is -0.880. The molecule has 0 saturated carbocycles. The van der Waals surface area contributed by atoms with Crippen LogP contribution in [0.5, 0.6) is 0 Å². The van der Waals surface area contributed by atoms with E-state index in [1.165, 1.54) is 17.8 Å². The Morgan fingerprint density at radius 3 is 2.76 bits per heavy atom. The van der Waals surface area contributed by atoms with Crippen molar-refractivity contribution in [3.05, 3.63) is 28.8 Å². The number of aliphatic imine (C=N–C) groups is 1. The average molecular weight is 337 g/mol. The summed E-state index contributed by atoms with van der Waals surface area (Å²) in [7, 11) is 0. The van der Waals surface area contributed by atoms with Gasteiger partial charge in [-0.1, -0.05) is 37.2 Å². The molecule has 0 radical (unpaired) electrons. The first-order valence-electron chi connectivity index (χ1n) is 6.60. The van der Waals surface area contributed by atoms with E-state index < -0.39 is 11.7 Å². The average Bonchev–Trinajstić information content (AvgIpc) is 2.77. The molecule has 1 aliphatic rings. The van der Waals surface area contributed by atoms with E-state index in [2.05, 4.69) is 24.2 Å². The van der Waals surface area contributed by atoms with Crippen LogP contribution in [0.15, 0.2) is 23.2 Å². The number of amidine groups is 1. The zero-order valence-electron chi connectivity index (χ0n) is 11.7. The second-order valence-corrected chi connectivity index (χ2v) is 6.76. The third-order valence-electron chi connectivity index (χ3n) is 2.99. The molecule has 2 rings (SSSR count). The van der Waals surface area contributed by atoms with Gasteiger partial charge in [-0.3, -0.25) is 4.99 Å². The second kappa shape index (κ2) is 6.48. The first-order chi connectivity index (χ1) is 9.75. The van der Waals surface area contributed by atoms with Crippen molar-refractivity contribution in [2.75, 3.05) is 11.1 Å². The molecule has 1 unspecified atom stereocenters. The van der Waals surface area contributed by atoms with Gasteiger partial charge in [-0.2, -0.15) is 13.2 Å². The minimum atomic E-state index is -4.38. The lowest BCUT2D eigenvalue weighted by Gasteiger charge is -2.11. The van der Waals surface area contributed by atoms with Gasteiger partial charge in [0.25, 0.3) is 0 Å². The van der Waals surface area contributed by atoms with Crippen LogP contribution >= 0.6 is 23.4 Å². The molecule has 0 aromatic heterocycles. The summed E-state index contributed by atoms with van der Waals surface area (Å²) in [4.78, 5) is 4.49. The van der Waals surface area contributed by atoms with Gasteiger partial charge in [0.15, 0.2) is 5.17 Å². The predicted octanol–water partition coefficient (Wildman–Crippen LogP) is 5.29. The van der Waals surface area contributed by atoms with Gasteiger partial charge in [0.2, 0.25) is 0 Å². The molecule has 7 heteroatoms. The lowest BCUT2D eigenvalue weighted by Crippen LogP contribution is -2.10. The number of hydrogen-bond acceptors (Lipinski definition) is 3. The van der Waals surface area contributed by atoms with Crippen LogP contribution in [0.4, 0.5) is 18.9 Å². The van der Waals surface area contributed by atoms with Crippen molar-refractivity contribution >= 4 is 34.2 Å². The van der Waals surface area contributed by atoms with Crippen LogP contribution in [-0.4, -0.2) is 17.0 Å². The molecule has 0 bridgehead atoms. The van der Waals surface area contributed by atoms with Crippen molar-refractivity contribution in [3.63, 3.8) is 0 Å². The number of nitrogens with zero attached hydrogens (tertiary/aromatic N) is 1. The van der Waals surface area contributed by atoms with Gasteiger partial charge in [-0.15, -0.1) is 0 Å². The molecule has 0 spiro atoms. The van der Waals surface area contributed by atoms with E-state index in [0.717, 1.165) is 24.3 Å². The van der Waals surface area contributed by atoms with Crippen LogP contribution < -0.4 is 5.32 Å². The number of halogens is 4. The van der Waals surface area contributed by atoms with Crippen LogP contribution in [-0.2, 0) is 6.18 Å². The fraction of sp³-hybridized carbons (Fsp3) is 0.500. The van der Waals surface area contributed by atoms with Crippen molar-refractivity contribution < 1.29 is 13.2 Å². The van der Waals surface area contributed by atoms with E-state index in [-0.39, 0.29) is 16.8 Å². The van der Waals surface area contributed by atoms with Gasteiger partial charge in [0.05, 0.1) is 22.3 Å². The molecular formula is C14H16ClF3N2S. The molecule has 1 aliphatic heterocycles. The highest BCUT2D eigenvalue weighted by atomic mass is 35.5. The zero-order valence-corrected chi connectivity index (χ0v) is 13.2. The fourth-order valence-corrected chi connectivity index (χ4v) is 3.19. The SMILES string of the molecule is CC(C)CC1CSC(Nc2cc(C(F)(F)F)ccc2Cl)=N1. The molecule has 1 atom stereocenters. The number of hydrogen-bond donors (Lipinski definition) is 1. The second-order valence-electron chi connectivity index (χ2n) is 5.35. The lowest BCUT2D eigenvalue weighted by molar-refractivity contribution is -0.137. The Balaban J connectivity index is 2.13. The maximum absolute atomic E-state index is 12.7. The molecule has 116 valence electrons. The van der Waals surface area contributed by atoms with Gasteiger partial charge in [0, 0.05) is 5.75 Å². The highest BCUT2D eigenvalue weighted by Crippen LogP contribution is 2.34. The van der Waals surface area contributed by atoms with Crippen LogP contribution in [0.3, 0.4) is 0 Å². The standard InChI is InChI=1S/C14H16ClF3N2S/c1-8(2)5-10-7-21-13(19-10)20-12-6-9(14(16,17)18)3-4-11(12)15/h3-4,6,8,10H,5,7H2,1-2H3,(H,19,20). The van der Waals surface area contributed by atoms with Crippen molar-refractivity contribution in [1.29, 1.82) is 0 Å². The van der Waals surface area contributed by atoms with Crippen molar-refractivity contribution in [2.45, 2.75) is 32.5 Å².